The molecule has 1 aliphatic rings. The van der Waals surface area contributed by atoms with Gasteiger partial charge in [-0.2, -0.15) is 0 Å². The number of pyridine rings is 1. The monoisotopic (exact) mass is 488 g/mol. The highest BCUT2D eigenvalue weighted by molar-refractivity contribution is 6.06. The fourth-order valence-electron chi connectivity index (χ4n) is 4.96. The van der Waals surface area contributed by atoms with E-state index >= 15 is 0 Å². The summed E-state index contributed by atoms with van der Waals surface area (Å²) in [6.07, 6.45) is 0.815. The topological polar surface area (TPSA) is 101 Å². The SMILES string of the molecule is CCOCc1nc2c(N)nc3cc(Cc4ccc(N5CCNCC5)cc4)ccc3c2n1CC(C)(C)O. The van der Waals surface area contributed by atoms with E-state index in [1.165, 1.54) is 16.8 Å². The van der Waals surface area contributed by atoms with E-state index in [4.69, 9.17) is 20.4 Å². The van der Waals surface area contributed by atoms with Gasteiger partial charge in [-0.05, 0) is 56.5 Å². The number of benzene rings is 2. The number of rotatable bonds is 8. The first-order chi connectivity index (χ1) is 17.3. The Hall–Kier alpha value is -3.20. The Morgan fingerprint density at radius 3 is 2.47 bits per heavy atom. The summed E-state index contributed by atoms with van der Waals surface area (Å²) in [5.41, 5.74) is 11.5. The lowest BCUT2D eigenvalue weighted by Crippen LogP contribution is -2.43. The zero-order chi connectivity index (χ0) is 25.3. The quantitative estimate of drug-likeness (QED) is 0.349. The van der Waals surface area contributed by atoms with Crippen LogP contribution in [0.5, 0.6) is 0 Å². The number of nitrogens with zero attached hydrogens (tertiary/aromatic N) is 4. The normalized spacial score (nSPS) is 14.7. The average molecular weight is 489 g/mol. The molecule has 36 heavy (non-hydrogen) atoms. The maximum Gasteiger partial charge on any atom is 0.152 e. The Kier molecular flexibility index (Phi) is 6.83. The number of nitrogens with two attached hydrogens (primary N) is 1. The van der Waals surface area contributed by atoms with Gasteiger partial charge in [-0.1, -0.05) is 24.3 Å². The number of ether oxygens (including phenoxy) is 1. The minimum atomic E-state index is -0.921. The minimum Gasteiger partial charge on any atom is -0.389 e. The Bertz CT molecular complexity index is 1350. The van der Waals surface area contributed by atoms with Crippen molar-refractivity contribution >= 4 is 33.4 Å². The molecule has 0 atom stereocenters. The van der Waals surface area contributed by atoms with Gasteiger partial charge in [0.1, 0.15) is 17.9 Å². The molecule has 0 aliphatic carbocycles. The fraction of sp³-hybridized carbons (Fsp3) is 0.429. The molecule has 0 unspecified atom stereocenters. The number of fused-ring (bicyclic) bond motifs is 3. The minimum absolute atomic E-state index is 0.351. The van der Waals surface area contributed by atoms with Crippen LogP contribution in [0.3, 0.4) is 0 Å². The van der Waals surface area contributed by atoms with Crippen LogP contribution in [0.15, 0.2) is 42.5 Å². The van der Waals surface area contributed by atoms with Crippen LogP contribution in [-0.2, 0) is 24.3 Å². The van der Waals surface area contributed by atoms with Crippen LogP contribution < -0.4 is 16.0 Å². The molecule has 8 nitrogen and oxygen atoms in total. The smallest absolute Gasteiger partial charge is 0.152 e. The van der Waals surface area contributed by atoms with Crippen molar-refractivity contribution in [2.45, 2.75) is 45.9 Å². The molecule has 4 aromatic rings. The first kappa shape index (κ1) is 24.5. The number of piperazine rings is 1. The third kappa shape index (κ3) is 5.16. The first-order valence-corrected chi connectivity index (χ1v) is 12.7. The van der Waals surface area contributed by atoms with Crippen molar-refractivity contribution in [1.82, 2.24) is 19.9 Å². The summed E-state index contributed by atoms with van der Waals surface area (Å²) >= 11 is 0. The van der Waals surface area contributed by atoms with Crippen molar-refractivity contribution in [3.8, 4) is 0 Å². The molecule has 8 heteroatoms. The zero-order valence-electron chi connectivity index (χ0n) is 21.4. The highest BCUT2D eigenvalue weighted by Gasteiger charge is 2.22. The molecule has 3 heterocycles. The van der Waals surface area contributed by atoms with Gasteiger partial charge in [-0.15, -0.1) is 0 Å². The molecule has 2 aromatic carbocycles. The van der Waals surface area contributed by atoms with Gasteiger partial charge < -0.3 is 30.4 Å². The number of aliphatic hydroxyl groups is 1. The van der Waals surface area contributed by atoms with Crippen molar-refractivity contribution < 1.29 is 9.84 Å². The number of aromatic nitrogens is 3. The zero-order valence-corrected chi connectivity index (χ0v) is 21.4. The number of hydrogen-bond acceptors (Lipinski definition) is 7. The maximum absolute atomic E-state index is 10.6. The predicted molar refractivity (Wildman–Crippen MR) is 145 cm³/mol. The fourth-order valence-corrected chi connectivity index (χ4v) is 4.96. The summed E-state index contributed by atoms with van der Waals surface area (Å²) in [5.74, 6) is 1.13. The number of imidazole rings is 1. The van der Waals surface area contributed by atoms with Gasteiger partial charge >= 0.3 is 0 Å². The van der Waals surface area contributed by atoms with Gasteiger partial charge in [-0.25, -0.2) is 9.97 Å². The molecule has 190 valence electrons. The van der Waals surface area contributed by atoms with Gasteiger partial charge in [0.05, 0.1) is 23.2 Å². The van der Waals surface area contributed by atoms with E-state index in [0.29, 0.717) is 31.1 Å². The lowest BCUT2D eigenvalue weighted by Gasteiger charge is -2.29. The van der Waals surface area contributed by atoms with Crippen LogP contribution in [0.4, 0.5) is 11.5 Å². The Labute approximate surface area is 212 Å². The Balaban J connectivity index is 1.48. The molecule has 0 bridgehead atoms. The molecular weight excluding hydrogens is 452 g/mol. The van der Waals surface area contributed by atoms with Gasteiger partial charge in [0.25, 0.3) is 0 Å². The van der Waals surface area contributed by atoms with E-state index < -0.39 is 5.60 Å². The summed E-state index contributed by atoms with van der Waals surface area (Å²) in [6.45, 7) is 11.0. The van der Waals surface area contributed by atoms with Crippen LogP contribution in [0.2, 0.25) is 0 Å². The van der Waals surface area contributed by atoms with Gasteiger partial charge in [0, 0.05) is 43.9 Å². The standard InChI is InChI=1S/C28H36N6O2/c1-4-36-17-24-32-25-26(34(24)18-28(2,3)35)22-10-7-20(16-23(22)31-27(25)29)15-19-5-8-21(9-6-19)33-13-11-30-12-14-33/h5-10,16,30,35H,4,11-15,17-18H2,1-3H3,(H2,29,31). The molecule has 4 N–H and O–H groups in total. The lowest BCUT2D eigenvalue weighted by atomic mass is 10.0. The van der Waals surface area contributed by atoms with Crippen LogP contribution in [0.25, 0.3) is 21.9 Å². The van der Waals surface area contributed by atoms with Crippen molar-refractivity contribution in [1.29, 1.82) is 0 Å². The molecular formula is C28H36N6O2. The van der Waals surface area contributed by atoms with Crippen molar-refractivity contribution in [3.05, 3.63) is 59.4 Å². The van der Waals surface area contributed by atoms with E-state index in [2.05, 4.69) is 52.7 Å². The second kappa shape index (κ2) is 10.0. The molecule has 2 aromatic heterocycles. The van der Waals surface area contributed by atoms with Gasteiger partial charge in [0.15, 0.2) is 5.82 Å². The highest BCUT2D eigenvalue weighted by Crippen LogP contribution is 2.31. The Morgan fingerprint density at radius 2 is 1.78 bits per heavy atom. The average Bonchev–Trinajstić information content (AvgIpc) is 3.21. The maximum atomic E-state index is 10.6. The van der Waals surface area contributed by atoms with E-state index in [9.17, 15) is 5.11 Å². The summed E-state index contributed by atoms with van der Waals surface area (Å²) in [6, 6.07) is 15.2. The van der Waals surface area contributed by atoms with Crippen molar-refractivity contribution in [2.24, 2.45) is 0 Å². The second-order valence-electron chi connectivity index (χ2n) is 10.2. The number of hydrogen-bond donors (Lipinski definition) is 3. The van der Waals surface area contributed by atoms with Crippen LogP contribution in [-0.4, -0.2) is 58.0 Å². The van der Waals surface area contributed by atoms with Crippen LogP contribution >= 0.6 is 0 Å². The second-order valence-corrected chi connectivity index (χ2v) is 10.2. The first-order valence-electron chi connectivity index (χ1n) is 12.7. The third-order valence-electron chi connectivity index (χ3n) is 6.65. The molecule has 5 rings (SSSR count). The molecule has 0 spiro atoms. The van der Waals surface area contributed by atoms with E-state index in [1.54, 1.807) is 13.8 Å². The van der Waals surface area contributed by atoms with E-state index in [1.807, 2.05) is 11.5 Å². The predicted octanol–water partition coefficient (Wildman–Crippen LogP) is 3.47. The summed E-state index contributed by atoms with van der Waals surface area (Å²) in [7, 11) is 0. The summed E-state index contributed by atoms with van der Waals surface area (Å²) in [4.78, 5) is 11.9. The molecule has 1 saturated heterocycles. The van der Waals surface area contributed by atoms with Gasteiger partial charge in [0.2, 0.25) is 0 Å². The number of nitrogen functional groups attached to an aromatic ring is 1. The molecule has 0 saturated carbocycles. The lowest BCUT2D eigenvalue weighted by molar-refractivity contribution is 0.0582. The van der Waals surface area contributed by atoms with E-state index in [0.717, 1.165) is 54.8 Å². The number of nitrogens with one attached hydrogen (secondary N) is 1. The highest BCUT2D eigenvalue weighted by atomic mass is 16.5. The van der Waals surface area contributed by atoms with E-state index in [-0.39, 0.29) is 0 Å². The van der Waals surface area contributed by atoms with Gasteiger partial charge in [-0.3, -0.25) is 0 Å². The number of anilines is 2. The molecule has 1 aliphatic heterocycles. The van der Waals surface area contributed by atoms with Crippen LogP contribution in [0, 0.1) is 0 Å². The molecule has 1 fully saturated rings. The van der Waals surface area contributed by atoms with Crippen molar-refractivity contribution in [2.75, 3.05) is 43.4 Å². The largest absolute Gasteiger partial charge is 0.389 e. The van der Waals surface area contributed by atoms with Crippen LogP contribution in [0.1, 0.15) is 37.7 Å². The van der Waals surface area contributed by atoms with Crippen molar-refractivity contribution in [3.63, 3.8) is 0 Å². The molecule has 0 amide bonds. The summed E-state index contributed by atoms with van der Waals surface area (Å²) < 4.78 is 7.68. The Morgan fingerprint density at radius 1 is 1.06 bits per heavy atom. The summed E-state index contributed by atoms with van der Waals surface area (Å²) in [5, 5.41) is 15.0. The molecule has 0 radical (unpaired) electrons. The third-order valence-corrected chi connectivity index (χ3v) is 6.65.